The highest BCUT2D eigenvalue weighted by molar-refractivity contribution is 5.37. The molecule has 0 aromatic carbocycles. The van der Waals surface area contributed by atoms with Crippen molar-refractivity contribution in [1.29, 1.82) is 5.26 Å². The molecule has 0 N–H and O–H groups in total. The number of fused-ring (bicyclic) bond motifs is 5. The average Bonchev–Trinajstić information content (AvgIpc) is 3.44. The van der Waals surface area contributed by atoms with E-state index in [4.69, 9.17) is 5.26 Å². The maximum absolute atomic E-state index is 8.20. The predicted molar refractivity (Wildman–Crippen MR) is 166 cm³/mol. The van der Waals surface area contributed by atoms with Crippen molar-refractivity contribution in [2.45, 2.75) is 145 Å². The smallest absolute Gasteiger partial charge is 0.0988 e. The summed E-state index contributed by atoms with van der Waals surface area (Å²) in [6, 6.07) is 2.04. The van der Waals surface area contributed by atoms with E-state index in [0.717, 1.165) is 59.3 Å². The third kappa shape index (κ3) is 6.81. The summed E-state index contributed by atoms with van der Waals surface area (Å²) < 4.78 is 0. The maximum Gasteiger partial charge on any atom is 0.0988 e. The molecular formula is C37H63N. The van der Waals surface area contributed by atoms with E-state index in [1.807, 2.05) is 52.0 Å². The molecule has 1 nitrogen and oxygen atoms in total. The number of allylic oxidation sites excluding steroid dienone is 4. The fourth-order valence-electron chi connectivity index (χ4n) is 10.2. The molecule has 0 radical (unpaired) electrons. The molecule has 5 saturated carbocycles. The number of rotatable bonds is 4. The molecule has 1 heteroatoms. The zero-order valence-electron chi connectivity index (χ0n) is 26.7. The van der Waals surface area contributed by atoms with Gasteiger partial charge in [-0.3, -0.25) is 0 Å². The SMILES string of the molecule is CC.CC.CC[C@@H](C)[C@H]1CC[C@H]2[C@@H]3CC[C@@H]4C[C@@](C)(CC5CC5)CCC4[C@H]3CC[C@]12C.N#CC1=CCC=C1. The summed E-state index contributed by atoms with van der Waals surface area (Å²) in [7, 11) is 0. The van der Waals surface area contributed by atoms with Crippen LogP contribution in [0.5, 0.6) is 0 Å². The van der Waals surface area contributed by atoms with Gasteiger partial charge in [0.1, 0.15) is 0 Å². The highest BCUT2D eigenvalue weighted by Crippen LogP contribution is 2.66. The van der Waals surface area contributed by atoms with E-state index in [0.29, 0.717) is 10.8 Å². The van der Waals surface area contributed by atoms with Crippen LogP contribution in [-0.4, -0.2) is 0 Å². The lowest BCUT2D eigenvalue weighted by Crippen LogP contribution is -2.50. The van der Waals surface area contributed by atoms with E-state index in [-0.39, 0.29) is 0 Å². The van der Waals surface area contributed by atoms with Crippen LogP contribution in [0.4, 0.5) is 0 Å². The fraction of sp³-hybridized carbons (Fsp3) is 0.865. The van der Waals surface area contributed by atoms with Crippen LogP contribution in [0.25, 0.3) is 0 Å². The molecule has 0 aromatic heterocycles. The maximum atomic E-state index is 8.20. The van der Waals surface area contributed by atoms with Gasteiger partial charge < -0.3 is 0 Å². The first-order chi connectivity index (χ1) is 18.4. The predicted octanol–water partition coefficient (Wildman–Crippen LogP) is 11.6. The van der Waals surface area contributed by atoms with Crippen molar-refractivity contribution in [2.75, 3.05) is 0 Å². The van der Waals surface area contributed by atoms with E-state index in [2.05, 4.69) is 27.7 Å². The van der Waals surface area contributed by atoms with E-state index >= 15 is 0 Å². The van der Waals surface area contributed by atoms with Crippen LogP contribution < -0.4 is 0 Å². The molecule has 0 saturated heterocycles. The molecule has 0 heterocycles. The highest BCUT2D eigenvalue weighted by Gasteiger charge is 2.58. The second kappa shape index (κ2) is 14.0. The van der Waals surface area contributed by atoms with Gasteiger partial charge in [0, 0.05) is 5.57 Å². The molecule has 0 amide bonds. The number of hydrogen-bond donors (Lipinski definition) is 0. The van der Waals surface area contributed by atoms with Crippen molar-refractivity contribution < 1.29 is 0 Å². The molecule has 38 heavy (non-hydrogen) atoms. The molecule has 0 aromatic rings. The monoisotopic (exact) mass is 521 g/mol. The van der Waals surface area contributed by atoms with Crippen LogP contribution in [-0.2, 0) is 0 Å². The number of nitrogens with zero attached hydrogens (tertiary/aromatic N) is 1. The largest absolute Gasteiger partial charge is 0.192 e. The minimum absolute atomic E-state index is 0.693. The van der Waals surface area contributed by atoms with Gasteiger partial charge in [-0.2, -0.15) is 5.26 Å². The Bertz CT molecular complexity index is 826. The molecule has 216 valence electrons. The summed E-state index contributed by atoms with van der Waals surface area (Å²) >= 11 is 0. The summed E-state index contributed by atoms with van der Waals surface area (Å²) in [6.45, 7) is 18.4. The Morgan fingerprint density at radius 2 is 1.61 bits per heavy atom. The zero-order valence-corrected chi connectivity index (χ0v) is 26.7. The number of hydrogen-bond acceptors (Lipinski definition) is 1. The Morgan fingerprint density at radius 1 is 0.895 bits per heavy atom. The van der Waals surface area contributed by atoms with Gasteiger partial charge >= 0.3 is 0 Å². The summed E-state index contributed by atoms with van der Waals surface area (Å²) in [5, 5.41) is 8.20. The quantitative estimate of drug-likeness (QED) is 0.361. The highest BCUT2D eigenvalue weighted by atomic mass is 14.6. The van der Waals surface area contributed by atoms with Crippen molar-refractivity contribution in [3.63, 3.8) is 0 Å². The first-order valence-corrected chi connectivity index (χ1v) is 17.1. The molecule has 6 aliphatic carbocycles. The lowest BCUT2D eigenvalue weighted by Gasteiger charge is -2.58. The molecule has 0 spiro atoms. The Morgan fingerprint density at radius 3 is 2.18 bits per heavy atom. The summed E-state index contributed by atoms with van der Waals surface area (Å²) in [5.41, 5.74) is 2.20. The zero-order chi connectivity index (χ0) is 27.9. The van der Waals surface area contributed by atoms with Gasteiger partial charge in [0.05, 0.1) is 6.07 Å². The minimum Gasteiger partial charge on any atom is -0.192 e. The van der Waals surface area contributed by atoms with Crippen molar-refractivity contribution >= 4 is 0 Å². The first-order valence-electron chi connectivity index (χ1n) is 17.1. The molecular weight excluding hydrogens is 458 g/mol. The van der Waals surface area contributed by atoms with Crippen molar-refractivity contribution in [1.82, 2.24) is 0 Å². The fourth-order valence-corrected chi connectivity index (χ4v) is 10.2. The standard InChI is InChI=1S/C27H46.C6H5N.2C2H6/c1-5-18(2)24-10-11-25-23-9-8-20-17-26(3,16-19-6-7-19)14-12-21(20)22(23)13-15-27(24,25)4;7-5-6-3-1-2-4-6;2*1-2/h18-25H,5-17H2,1-4H3;1,3-4H,2H2;2*1-2H3/t18-,20-,21?,22-,23-,24-,25+,26-,27-;;;/m1.../s1. The molecule has 6 rings (SSSR count). The average molecular weight is 522 g/mol. The summed E-state index contributed by atoms with van der Waals surface area (Å²) in [6.07, 6.45) is 26.9. The van der Waals surface area contributed by atoms with Gasteiger partial charge in [0.2, 0.25) is 0 Å². The molecule has 5 fully saturated rings. The van der Waals surface area contributed by atoms with Crippen LogP contribution in [0.1, 0.15) is 145 Å². The van der Waals surface area contributed by atoms with Gasteiger partial charge in [0.15, 0.2) is 0 Å². The van der Waals surface area contributed by atoms with E-state index in [1.54, 1.807) is 77.0 Å². The molecule has 0 bridgehead atoms. The summed E-state index contributed by atoms with van der Waals surface area (Å²) in [4.78, 5) is 0. The van der Waals surface area contributed by atoms with E-state index in [1.165, 1.54) is 6.42 Å². The minimum atomic E-state index is 0.693. The molecule has 6 aliphatic rings. The van der Waals surface area contributed by atoms with Crippen LogP contribution in [0.3, 0.4) is 0 Å². The van der Waals surface area contributed by atoms with E-state index < -0.39 is 0 Å². The van der Waals surface area contributed by atoms with Crippen molar-refractivity contribution in [2.24, 2.45) is 58.2 Å². The molecule has 1 unspecified atom stereocenters. The van der Waals surface area contributed by atoms with Crippen LogP contribution in [0, 0.1) is 69.5 Å². The molecule has 9 atom stereocenters. The third-order valence-electron chi connectivity index (χ3n) is 12.1. The molecule has 0 aliphatic heterocycles. The Kier molecular flexibility index (Phi) is 11.6. The first kappa shape index (κ1) is 31.5. The normalized spacial score (nSPS) is 41.2. The lowest BCUT2D eigenvalue weighted by molar-refractivity contribution is -0.0841. The number of nitriles is 1. The van der Waals surface area contributed by atoms with Gasteiger partial charge in [0.25, 0.3) is 0 Å². The Labute approximate surface area is 238 Å². The lowest BCUT2D eigenvalue weighted by atomic mass is 9.47. The topological polar surface area (TPSA) is 23.8 Å². The van der Waals surface area contributed by atoms with Crippen LogP contribution >= 0.6 is 0 Å². The van der Waals surface area contributed by atoms with Crippen LogP contribution in [0.2, 0.25) is 0 Å². The van der Waals surface area contributed by atoms with Gasteiger partial charge in [-0.15, -0.1) is 0 Å². The summed E-state index contributed by atoms with van der Waals surface area (Å²) in [5.74, 6) is 8.60. The van der Waals surface area contributed by atoms with Crippen molar-refractivity contribution in [3.05, 3.63) is 23.8 Å². The second-order valence-corrected chi connectivity index (χ2v) is 14.2. The van der Waals surface area contributed by atoms with Gasteiger partial charge in [-0.25, -0.2) is 0 Å². The van der Waals surface area contributed by atoms with Gasteiger partial charge in [-0.05, 0) is 135 Å². The van der Waals surface area contributed by atoms with Gasteiger partial charge in [-0.1, -0.05) is 86.8 Å². The Hall–Kier alpha value is -1.03. The third-order valence-corrected chi connectivity index (χ3v) is 12.1. The second-order valence-electron chi connectivity index (χ2n) is 14.2. The van der Waals surface area contributed by atoms with Crippen LogP contribution in [0.15, 0.2) is 23.8 Å². The van der Waals surface area contributed by atoms with E-state index in [9.17, 15) is 0 Å². The van der Waals surface area contributed by atoms with Crippen molar-refractivity contribution in [3.8, 4) is 6.07 Å². The Balaban J connectivity index is 0.000000310.